The fourth-order valence-electron chi connectivity index (χ4n) is 2.43. The molecule has 4 heteroatoms. The van der Waals surface area contributed by atoms with Crippen molar-refractivity contribution in [2.75, 3.05) is 13.1 Å². The van der Waals surface area contributed by atoms with Gasteiger partial charge < -0.3 is 15.4 Å². The van der Waals surface area contributed by atoms with Crippen molar-refractivity contribution in [3.63, 3.8) is 0 Å². The summed E-state index contributed by atoms with van der Waals surface area (Å²) in [4.78, 5) is 13.9. The average molecular weight is 242 g/mol. The third kappa shape index (κ3) is 3.60. The van der Waals surface area contributed by atoms with E-state index in [9.17, 15) is 4.79 Å². The summed E-state index contributed by atoms with van der Waals surface area (Å²) in [5.41, 5.74) is 5.45. The van der Waals surface area contributed by atoms with Crippen molar-refractivity contribution in [3.8, 4) is 0 Å². The molecule has 1 amide bonds. The summed E-state index contributed by atoms with van der Waals surface area (Å²) in [5.74, 6) is 0. The molecule has 0 unspecified atom stereocenters. The molecule has 0 spiro atoms. The van der Waals surface area contributed by atoms with E-state index >= 15 is 0 Å². The fraction of sp³-hybridized carbons (Fsp3) is 0.923. The van der Waals surface area contributed by atoms with E-state index in [0.717, 1.165) is 19.4 Å². The number of piperidine rings is 1. The molecule has 0 bridgehead atoms. The zero-order valence-electron chi connectivity index (χ0n) is 11.7. The number of hydrogen-bond donors (Lipinski definition) is 1. The van der Waals surface area contributed by atoms with Gasteiger partial charge in [0.05, 0.1) is 6.04 Å². The van der Waals surface area contributed by atoms with Crippen LogP contribution in [0.3, 0.4) is 0 Å². The Labute approximate surface area is 104 Å². The lowest BCUT2D eigenvalue weighted by Gasteiger charge is -2.46. The van der Waals surface area contributed by atoms with E-state index < -0.39 is 5.60 Å². The number of amides is 1. The van der Waals surface area contributed by atoms with E-state index in [1.54, 1.807) is 4.90 Å². The summed E-state index contributed by atoms with van der Waals surface area (Å²) in [6, 6.07) is 0.0751. The van der Waals surface area contributed by atoms with E-state index in [-0.39, 0.29) is 17.6 Å². The Morgan fingerprint density at radius 2 is 2.06 bits per heavy atom. The largest absolute Gasteiger partial charge is 0.444 e. The van der Waals surface area contributed by atoms with Crippen LogP contribution in [-0.2, 0) is 4.74 Å². The lowest BCUT2D eigenvalue weighted by Crippen LogP contribution is -2.56. The molecule has 1 fully saturated rings. The van der Waals surface area contributed by atoms with E-state index in [2.05, 4.69) is 13.8 Å². The second-order valence-electron chi connectivity index (χ2n) is 6.52. The minimum absolute atomic E-state index is 0.0733. The van der Waals surface area contributed by atoms with Crippen LogP contribution in [0.4, 0.5) is 4.79 Å². The molecule has 4 nitrogen and oxygen atoms in total. The Morgan fingerprint density at radius 3 is 2.53 bits per heavy atom. The van der Waals surface area contributed by atoms with Crippen molar-refractivity contribution in [1.29, 1.82) is 0 Å². The monoisotopic (exact) mass is 242 g/mol. The Bertz CT molecular complexity index is 282. The quantitative estimate of drug-likeness (QED) is 0.768. The number of hydrogen-bond acceptors (Lipinski definition) is 3. The maximum Gasteiger partial charge on any atom is 0.410 e. The second-order valence-corrected chi connectivity index (χ2v) is 6.52. The van der Waals surface area contributed by atoms with Crippen molar-refractivity contribution in [2.45, 2.75) is 59.1 Å². The normalized spacial score (nSPS) is 24.6. The molecule has 17 heavy (non-hydrogen) atoms. The number of ether oxygens (including phenoxy) is 1. The predicted molar refractivity (Wildman–Crippen MR) is 68.8 cm³/mol. The van der Waals surface area contributed by atoms with Crippen LogP contribution in [0.2, 0.25) is 0 Å². The molecule has 2 N–H and O–H groups in total. The minimum atomic E-state index is -0.447. The zero-order valence-corrected chi connectivity index (χ0v) is 11.7. The van der Waals surface area contributed by atoms with Gasteiger partial charge in [0.25, 0.3) is 0 Å². The molecule has 0 radical (unpaired) electrons. The van der Waals surface area contributed by atoms with Crippen LogP contribution >= 0.6 is 0 Å². The second kappa shape index (κ2) is 4.84. The van der Waals surface area contributed by atoms with Gasteiger partial charge in [0.1, 0.15) is 5.60 Å². The van der Waals surface area contributed by atoms with Gasteiger partial charge in [-0.1, -0.05) is 13.8 Å². The van der Waals surface area contributed by atoms with Crippen molar-refractivity contribution < 1.29 is 9.53 Å². The van der Waals surface area contributed by atoms with E-state index in [0.29, 0.717) is 6.54 Å². The van der Waals surface area contributed by atoms with Gasteiger partial charge in [-0.15, -0.1) is 0 Å². The first-order chi connectivity index (χ1) is 7.67. The highest BCUT2D eigenvalue weighted by molar-refractivity contribution is 5.69. The van der Waals surface area contributed by atoms with Crippen LogP contribution in [0.25, 0.3) is 0 Å². The fourth-order valence-corrected chi connectivity index (χ4v) is 2.43. The summed E-state index contributed by atoms with van der Waals surface area (Å²) in [7, 11) is 0. The third-order valence-corrected chi connectivity index (χ3v) is 3.35. The molecule has 1 aliphatic rings. The van der Waals surface area contributed by atoms with Crippen LogP contribution in [0.15, 0.2) is 0 Å². The topological polar surface area (TPSA) is 55.6 Å². The highest BCUT2D eigenvalue weighted by atomic mass is 16.6. The summed E-state index contributed by atoms with van der Waals surface area (Å²) >= 11 is 0. The Kier molecular flexibility index (Phi) is 4.07. The van der Waals surface area contributed by atoms with E-state index in [4.69, 9.17) is 10.5 Å². The molecule has 1 saturated heterocycles. The number of carbonyl (C=O) groups is 1. The van der Waals surface area contributed by atoms with Crippen LogP contribution in [0, 0.1) is 5.41 Å². The van der Waals surface area contributed by atoms with Crippen molar-refractivity contribution in [1.82, 2.24) is 4.90 Å². The molecule has 1 atom stereocenters. The number of rotatable bonds is 1. The molecular formula is C13H26N2O2. The molecule has 0 aromatic carbocycles. The maximum absolute atomic E-state index is 12.1. The Balaban J connectivity index is 2.78. The molecule has 0 aliphatic carbocycles. The van der Waals surface area contributed by atoms with Crippen LogP contribution < -0.4 is 5.73 Å². The molecule has 1 aliphatic heterocycles. The van der Waals surface area contributed by atoms with Gasteiger partial charge in [-0.3, -0.25) is 0 Å². The first-order valence-electron chi connectivity index (χ1n) is 6.37. The summed E-state index contributed by atoms with van der Waals surface area (Å²) in [6.07, 6.45) is 1.89. The highest BCUT2D eigenvalue weighted by Gasteiger charge is 2.40. The highest BCUT2D eigenvalue weighted by Crippen LogP contribution is 2.35. The minimum Gasteiger partial charge on any atom is -0.444 e. The number of nitrogens with two attached hydrogens (primary N) is 1. The molecular weight excluding hydrogens is 216 g/mol. The summed E-state index contributed by atoms with van der Waals surface area (Å²) in [6.45, 7) is 11.2. The molecule has 1 heterocycles. The van der Waals surface area contributed by atoms with E-state index in [1.807, 2.05) is 20.8 Å². The van der Waals surface area contributed by atoms with Gasteiger partial charge in [-0.05, 0) is 39.0 Å². The van der Waals surface area contributed by atoms with Gasteiger partial charge in [0.2, 0.25) is 0 Å². The van der Waals surface area contributed by atoms with Crippen LogP contribution in [0.5, 0.6) is 0 Å². The van der Waals surface area contributed by atoms with Gasteiger partial charge >= 0.3 is 6.09 Å². The lowest BCUT2D eigenvalue weighted by atomic mass is 9.76. The molecule has 0 aromatic rings. The zero-order chi connectivity index (χ0) is 13.3. The standard InChI is InChI=1S/C13H26N2O2/c1-12(2,3)17-11(16)15-8-6-7-13(4,5)10(15)9-14/h10H,6-9,14H2,1-5H3/t10-/m1/s1. The van der Waals surface area contributed by atoms with Gasteiger partial charge in [0.15, 0.2) is 0 Å². The van der Waals surface area contributed by atoms with Crippen molar-refractivity contribution in [3.05, 3.63) is 0 Å². The SMILES string of the molecule is CC(C)(C)OC(=O)N1CCCC(C)(C)[C@H]1CN. The van der Waals surface area contributed by atoms with Gasteiger partial charge in [0, 0.05) is 13.1 Å². The lowest BCUT2D eigenvalue weighted by molar-refractivity contribution is -0.0133. The number of carbonyl (C=O) groups excluding carboxylic acids is 1. The molecule has 100 valence electrons. The van der Waals surface area contributed by atoms with E-state index in [1.165, 1.54) is 0 Å². The molecule has 1 rings (SSSR count). The number of nitrogens with zero attached hydrogens (tertiary/aromatic N) is 1. The van der Waals surface area contributed by atoms with Gasteiger partial charge in [-0.2, -0.15) is 0 Å². The third-order valence-electron chi connectivity index (χ3n) is 3.35. The predicted octanol–water partition coefficient (Wildman–Crippen LogP) is 2.37. The van der Waals surface area contributed by atoms with Crippen LogP contribution in [0.1, 0.15) is 47.5 Å². The smallest absolute Gasteiger partial charge is 0.410 e. The first-order valence-corrected chi connectivity index (χ1v) is 6.37. The van der Waals surface area contributed by atoms with Crippen molar-refractivity contribution in [2.24, 2.45) is 11.1 Å². The Morgan fingerprint density at radius 1 is 1.47 bits per heavy atom. The summed E-state index contributed by atoms with van der Waals surface area (Å²) < 4.78 is 5.43. The maximum atomic E-state index is 12.1. The molecule has 0 aromatic heterocycles. The van der Waals surface area contributed by atoms with Gasteiger partial charge in [-0.25, -0.2) is 4.79 Å². The average Bonchev–Trinajstić information content (AvgIpc) is 2.13. The Hall–Kier alpha value is -0.770. The summed E-state index contributed by atoms with van der Waals surface area (Å²) in [5, 5.41) is 0. The number of likely N-dealkylation sites (tertiary alicyclic amines) is 1. The first kappa shape index (κ1) is 14.3. The molecule has 0 saturated carbocycles. The van der Waals surface area contributed by atoms with Crippen molar-refractivity contribution >= 4 is 6.09 Å². The van der Waals surface area contributed by atoms with Crippen LogP contribution in [-0.4, -0.2) is 35.7 Å².